The Hall–Kier alpha value is -2.97. The molecule has 2 unspecified atom stereocenters. The summed E-state index contributed by atoms with van der Waals surface area (Å²) < 4.78 is 18.5. The number of carboxylic acids is 1. The number of nitrogens with zero attached hydrogens (tertiary/aromatic N) is 3. The van der Waals surface area contributed by atoms with E-state index >= 15 is 0 Å². The lowest BCUT2D eigenvalue weighted by Gasteiger charge is -2.21. The number of carboxylic acid groups (broad SMARTS) is 1. The molecular formula is C17H21FN4O4. The standard InChI is InChI=1S/C17H21FN4O4/c1-9-7-12(5-6-13(9)18)14-20-15(26-21-14)11(3)19-17(25)22(4)8-10(2)16(23)24/h5-7,10-11H,8H2,1-4H3,(H,19,25)(H,23,24). The summed E-state index contributed by atoms with van der Waals surface area (Å²) >= 11 is 0. The zero-order chi connectivity index (χ0) is 19.4. The molecule has 2 N–H and O–H groups in total. The molecule has 26 heavy (non-hydrogen) atoms. The number of nitrogens with one attached hydrogen (secondary N) is 1. The van der Waals surface area contributed by atoms with E-state index < -0.39 is 24.0 Å². The third-order valence-corrected chi connectivity index (χ3v) is 3.88. The number of urea groups is 1. The number of carbonyl (C=O) groups is 2. The first-order valence-electron chi connectivity index (χ1n) is 8.03. The molecule has 0 saturated carbocycles. The Morgan fingerprint density at radius 2 is 2.08 bits per heavy atom. The van der Waals surface area contributed by atoms with E-state index in [0.29, 0.717) is 11.1 Å². The van der Waals surface area contributed by atoms with E-state index in [-0.39, 0.29) is 24.1 Å². The van der Waals surface area contributed by atoms with Gasteiger partial charge in [0.2, 0.25) is 11.7 Å². The van der Waals surface area contributed by atoms with Crippen LogP contribution in [0.5, 0.6) is 0 Å². The second-order valence-electron chi connectivity index (χ2n) is 6.21. The van der Waals surface area contributed by atoms with Gasteiger partial charge < -0.3 is 19.8 Å². The van der Waals surface area contributed by atoms with Gasteiger partial charge in [0.05, 0.1) is 5.92 Å². The number of carbonyl (C=O) groups excluding carboxylic acids is 1. The van der Waals surface area contributed by atoms with Gasteiger partial charge in [-0.1, -0.05) is 12.1 Å². The summed E-state index contributed by atoms with van der Waals surface area (Å²) in [5.41, 5.74) is 1.06. The van der Waals surface area contributed by atoms with Gasteiger partial charge in [-0.15, -0.1) is 0 Å². The summed E-state index contributed by atoms with van der Waals surface area (Å²) in [5.74, 6) is -1.50. The minimum absolute atomic E-state index is 0.0673. The molecule has 2 amide bonds. The maximum Gasteiger partial charge on any atom is 0.317 e. The Labute approximate surface area is 150 Å². The van der Waals surface area contributed by atoms with Crippen LogP contribution in [0.2, 0.25) is 0 Å². The predicted octanol–water partition coefficient (Wildman–Crippen LogP) is 2.61. The Morgan fingerprint density at radius 3 is 2.69 bits per heavy atom. The van der Waals surface area contributed by atoms with Crippen LogP contribution in [-0.2, 0) is 4.79 Å². The number of aliphatic carboxylic acids is 1. The molecule has 2 aromatic rings. The lowest BCUT2D eigenvalue weighted by Crippen LogP contribution is -2.41. The number of rotatable bonds is 6. The molecular weight excluding hydrogens is 343 g/mol. The van der Waals surface area contributed by atoms with E-state index in [4.69, 9.17) is 9.63 Å². The highest BCUT2D eigenvalue weighted by atomic mass is 19.1. The van der Waals surface area contributed by atoms with E-state index in [1.807, 2.05) is 0 Å². The molecule has 0 radical (unpaired) electrons. The zero-order valence-electron chi connectivity index (χ0n) is 15.0. The van der Waals surface area contributed by atoms with Crippen molar-refractivity contribution in [3.63, 3.8) is 0 Å². The molecule has 2 rings (SSSR count). The van der Waals surface area contributed by atoms with Crippen molar-refractivity contribution in [2.75, 3.05) is 13.6 Å². The number of halogens is 1. The van der Waals surface area contributed by atoms with Gasteiger partial charge in [0.25, 0.3) is 0 Å². The minimum atomic E-state index is -0.978. The van der Waals surface area contributed by atoms with E-state index in [0.717, 1.165) is 0 Å². The van der Waals surface area contributed by atoms with Crippen LogP contribution in [0.4, 0.5) is 9.18 Å². The number of aromatic nitrogens is 2. The van der Waals surface area contributed by atoms with Crippen LogP contribution in [0.1, 0.15) is 31.3 Å². The molecule has 1 heterocycles. The summed E-state index contributed by atoms with van der Waals surface area (Å²) in [6, 6.07) is 3.44. The second kappa shape index (κ2) is 7.94. The summed E-state index contributed by atoms with van der Waals surface area (Å²) in [6.07, 6.45) is 0. The topological polar surface area (TPSA) is 109 Å². The van der Waals surface area contributed by atoms with Crippen molar-refractivity contribution in [1.29, 1.82) is 0 Å². The van der Waals surface area contributed by atoms with Crippen molar-refractivity contribution in [2.45, 2.75) is 26.8 Å². The second-order valence-corrected chi connectivity index (χ2v) is 6.21. The van der Waals surface area contributed by atoms with Crippen LogP contribution in [-0.4, -0.2) is 45.7 Å². The average Bonchev–Trinajstić information content (AvgIpc) is 3.07. The number of hydrogen-bond donors (Lipinski definition) is 2. The fourth-order valence-corrected chi connectivity index (χ4v) is 2.24. The maximum absolute atomic E-state index is 13.4. The molecule has 0 aliphatic rings. The van der Waals surface area contributed by atoms with Crippen molar-refractivity contribution in [3.05, 3.63) is 35.5 Å². The number of aryl methyl sites for hydroxylation is 1. The first-order valence-corrected chi connectivity index (χ1v) is 8.03. The molecule has 0 aliphatic heterocycles. The fourth-order valence-electron chi connectivity index (χ4n) is 2.24. The van der Waals surface area contributed by atoms with Gasteiger partial charge >= 0.3 is 12.0 Å². The molecule has 2 atom stereocenters. The van der Waals surface area contributed by atoms with Crippen LogP contribution in [0.3, 0.4) is 0 Å². The van der Waals surface area contributed by atoms with Gasteiger partial charge in [-0.3, -0.25) is 4.79 Å². The molecule has 1 aromatic heterocycles. The third-order valence-electron chi connectivity index (χ3n) is 3.88. The van der Waals surface area contributed by atoms with Crippen LogP contribution in [0, 0.1) is 18.7 Å². The lowest BCUT2D eigenvalue weighted by molar-refractivity contribution is -0.141. The highest BCUT2D eigenvalue weighted by molar-refractivity contribution is 5.76. The van der Waals surface area contributed by atoms with Crippen molar-refractivity contribution < 1.29 is 23.6 Å². The van der Waals surface area contributed by atoms with Gasteiger partial charge in [-0.2, -0.15) is 4.98 Å². The molecule has 0 saturated heterocycles. The minimum Gasteiger partial charge on any atom is -0.481 e. The highest BCUT2D eigenvalue weighted by Gasteiger charge is 2.22. The first-order chi connectivity index (χ1) is 12.2. The monoisotopic (exact) mass is 364 g/mol. The van der Waals surface area contributed by atoms with Crippen LogP contribution < -0.4 is 5.32 Å². The Bertz CT molecular complexity index is 808. The van der Waals surface area contributed by atoms with Crippen molar-refractivity contribution in [3.8, 4) is 11.4 Å². The van der Waals surface area contributed by atoms with Gasteiger partial charge in [-0.05, 0) is 37.6 Å². The SMILES string of the molecule is Cc1cc(-c2noc(C(C)NC(=O)N(C)CC(C)C(=O)O)n2)ccc1F. The molecule has 0 bridgehead atoms. The third kappa shape index (κ3) is 4.56. The first kappa shape index (κ1) is 19.4. The summed E-state index contributed by atoms with van der Waals surface area (Å²) in [6.45, 7) is 4.89. The van der Waals surface area contributed by atoms with E-state index in [1.54, 1.807) is 26.0 Å². The molecule has 0 aliphatic carbocycles. The normalized spacial score (nSPS) is 13.1. The van der Waals surface area contributed by atoms with E-state index in [1.165, 1.54) is 24.9 Å². The smallest absolute Gasteiger partial charge is 0.317 e. The lowest BCUT2D eigenvalue weighted by atomic mass is 10.1. The van der Waals surface area contributed by atoms with Gasteiger partial charge in [0, 0.05) is 19.2 Å². The molecule has 1 aromatic carbocycles. The molecule has 0 fully saturated rings. The van der Waals surface area contributed by atoms with Crippen LogP contribution >= 0.6 is 0 Å². The van der Waals surface area contributed by atoms with Crippen molar-refractivity contribution >= 4 is 12.0 Å². The van der Waals surface area contributed by atoms with Crippen LogP contribution in [0.25, 0.3) is 11.4 Å². The molecule has 140 valence electrons. The Kier molecular flexibility index (Phi) is 5.91. The zero-order valence-corrected chi connectivity index (χ0v) is 15.0. The molecule has 0 spiro atoms. The van der Waals surface area contributed by atoms with Gasteiger partial charge in [0.1, 0.15) is 11.9 Å². The van der Waals surface area contributed by atoms with Crippen LogP contribution in [0.15, 0.2) is 22.7 Å². The fraction of sp³-hybridized carbons (Fsp3) is 0.412. The quantitative estimate of drug-likeness (QED) is 0.816. The van der Waals surface area contributed by atoms with Crippen molar-refractivity contribution in [1.82, 2.24) is 20.4 Å². The average molecular weight is 364 g/mol. The maximum atomic E-state index is 13.4. The number of amides is 2. The van der Waals surface area contributed by atoms with Crippen molar-refractivity contribution in [2.24, 2.45) is 5.92 Å². The Morgan fingerprint density at radius 1 is 1.38 bits per heavy atom. The van der Waals surface area contributed by atoms with E-state index in [9.17, 15) is 14.0 Å². The Balaban J connectivity index is 2.03. The van der Waals surface area contributed by atoms with Gasteiger partial charge in [0.15, 0.2) is 0 Å². The number of benzene rings is 1. The van der Waals surface area contributed by atoms with E-state index in [2.05, 4.69) is 15.5 Å². The largest absolute Gasteiger partial charge is 0.481 e. The molecule has 8 nitrogen and oxygen atoms in total. The summed E-state index contributed by atoms with van der Waals surface area (Å²) in [5, 5.41) is 15.4. The summed E-state index contributed by atoms with van der Waals surface area (Å²) in [7, 11) is 1.50. The summed E-state index contributed by atoms with van der Waals surface area (Å²) in [4.78, 5) is 28.5. The molecule has 9 heteroatoms. The predicted molar refractivity (Wildman–Crippen MR) is 90.8 cm³/mol. The van der Waals surface area contributed by atoms with Gasteiger partial charge in [-0.25, -0.2) is 9.18 Å². The number of hydrogen-bond acceptors (Lipinski definition) is 5. The highest BCUT2D eigenvalue weighted by Crippen LogP contribution is 2.21.